The van der Waals surface area contributed by atoms with Crippen LogP contribution in [0.5, 0.6) is 0 Å². The third-order valence-electron chi connectivity index (χ3n) is 10.3. The minimum absolute atomic E-state index is 1.23. The Morgan fingerprint density at radius 2 is 0.689 bits per heavy atom. The third kappa shape index (κ3) is 26.9. The van der Waals surface area contributed by atoms with E-state index in [2.05, 4.69) is 42.3 Å². The summed E-state index contributed by atoms with van der Waals surface area (Å²) in [4.78, 5) is 0. The van der Waals surface area contributed by atoms with Gasteiger partial charge in [-0.05, 0) is 32.1 Å². The van der Waals surface area contributed by atoms with Crippen molar-refractivity contribution < 1.29 is 4.57 Å². The quantitative estimate of drug-likeness (QED) is 0.0511. The largest absolute Gasteiger partial charge is 0.256 e. The molecule has 0 bridgehead atoms. The van der Waals surface area contributed by atoms with Gasteiger partial charge in [0.2, 0.25) is 0 Å². The van der Waals surface area contributed by atoms with E-state index < -0.39 is 0 Å². The van der Waals surface area contributed by atoms with Crippen LogP contribution in [-0.4, -0.2) is 4.57 Å². The molecule has 0 fully saturated rings. The third-order valence-corrected chi connectivity index (χ3v) is 10.3. The van der Waals surface area contributed by atoms with Crippen molar-refractivity contribution in [3.05, 3.63) is 18.2 Å². The summed E-state index contributed by atoms with van der Waals surface area (Å²) in [6.07, 6.45) is 54.9. The van der Waals surface area contributed by atoms with Gasteiger partial charge in [0.1, 0.15) is 12.4 Å². The summed E-state index contributed by atoms with van der Waals surface area (Å²) in [7, 11) is 0. The second-order valence-electron chi connectivity index (χ2n) is 14.8. The molecular formula is C43H85N2+. The van der Waals surface area contributed by atoms with Gasteiger partial charge < -0.3 is 0 Å². The number of nitrogens with zero attached hydrogens (tertiary/aromatic N) is 2. The van der Waals surface area contributed by atoms with Gasteiger partial charge in [-0.1, -0.05) is 207 Å². The van der Waals surface area contributed by atoms with Gasteiger partial charge in [-0.3, -0.25) is 0 Å². The lowest BCUT2D eigenvalue weighted by Crippen LogP contribution is -2.37. The molecule has 2 nitrogen and oxygen atoms in total. The summed E-state index contributed by atoms with van der Waals surface area (Å²) >= 11 is 0. The lowest BCUT2D eigenvalue weighted by Gasteiger charge is -2.07. The molecule has 1 rings (SSSR count). The van der Waals surface area contributed by atoms with Crippen LogP contribution in [0.3, 0.4) is 0 Å². The highest BCUT2D eigenvalue weighted by molar-refractivity contribution is 4.84. The number of hydrogen-bond acceptors (Lipinski definition) is 0. The Hall–Kier alpha value is -0.790. The number of unbranched alkanes of at least 4 members (excludes halogenated alkanes) is 31. The van der Waals surface area contributed by atoms with Crippen LogP contribution in [0.25, 0.3) is 0 Å². The van der Waals surface area contributed by atoms with E-state index in [0.29, 0.717) is 0 Å². The number of imidazole rings is 1. The summed E-state index contributed by atoms with van der Waals surface area (Å²) in [6, 6.07) is 0. The summed E-state index contributed by atoms with van der Waals surface area (Å²) in [5, 5.41) is 0. The van der Waals surface area contributed by atoms with Gasteiger partial charge in [0.05, 0.1) is 13.1 Å². The molecule has 0 saturated heterocycles. The SMILES string of the molecule is CCCCCCCCCCCCCCCCCCn1cc[n+](CCCCCCCCCCCCCCCCC)c1CCCCC. The normalized spacial score (nSPS) is 11.6. The van der Waals surface area contributed by atoms with E-state index in [4.69, 9.17) is 0 Å². The smallest absolute Gasteiger partial charge is 0.234 e. The van der Waals surface area contributed by atoms with Gasteiger partial charge in [0, 0.05) is 6.42 Å². The number of aryl methyl sites for hydroxylation is 2. The average molecular weight is 630 g/mol. The summed E-state index contributed by atoms with van der Waals surface area (Å²) in [5.41, 5.74) is 0. The summed E-state index contributed by atoms with van der Waals surface area (Å²) < 4.78 is 5.23. The van der Waals surface area contributed by atoms with Gasteiger partial charge in [-0.25, -0.2) is 9.13 Å². The van der Waals surface area contributed by atoms with Crippen molar-refractivity contribution in [2.75, 3.05) is 0 Å². The molecule has 266 valence electrons. The maximum Gasteiger partial charge on any atom is 0.256 e. The predicted molar refractivity (Wildman–Crippen MR) is 202 cm³/mol. The van der Waals surface area contributed by atoms with Crippen LogP contribution in [-0.2, 0) is 19.5 Å². The minimum Gasteiger partial charge on any atom is -0.234 e. The first-order valence-electron chi connectivity index (χ1n) is 21.4. The van der Waals surface area contributed by atoms with Gasteiger partial charge in [0.15, 0.2) is 0 Å². The van der Waals surface area contributed by atoms with Gasteiger partial charge in [0.25, 0.3) is 5.82 Å². The minimum atomic E-state index is 1.23. The van der Waals surface area contributed by atoms with E-state index in [9.17, 15) is 0 Å². The number of rotatable bonds is 37. The number of hydrogen-bond donors (Lipinski definition) is 0. The van der Waals surface area contributed by atoms with E-state index in [1.807, 2.05) is 0 Å². The van der Waals surface area contributed by atoms with E-state index in [1.54, 1.807) is 5.82 Å². The maximum absolute atomic E-state index is 2.62. The standard InChI is InChI=1S/C43H85N2/c1-4-7-10-12-14-16-18-20-22-24-26-28-30-32-34-37-40-45-42-41-44(43(45)38-35-9-6-3)39-36-33-31-29-27-25-23-21-19-17-15-13-11-8-5-2/h41-42H,4-40H2,1-3H3/q+1. The van der Waals surface area contributed by atoms with Crippen LogP contribution in [0.1, 0.15) is 245 Å². The molecule has 1 aromatic rings. The van der Waals surface area contributed by atoms with Crippen molar-refractivity contribution in [2.45, 2.75) is 259 Å². The van der Waals surface area contributed by atoms with E-state index in [-0.39, 0.29) is 0 Å². The summed E-state index contributed by atoms with van der Waals surface area (Å²) in [6.45, 7) is 9.41. The Bertz CT molecular complexity index is 692. The molecule has 1 heterocycles. The fourth-order valence-corrected chi connectivity index (χ4v) is 7.21. The molecule has 0 aliphatic rings. The molecule has 0 saturated carbocycles. The molecule has 0 aliphatic heterocycles. The molecule has 1 aromatic heterocycles. The molecule has 0 amide bonds. The first kappa shape index (κ1) is 42.2. The van der Waals surface area contributed by atoms with Crippen molar-refractivity contribution in [3.63, 3.8) is 0 Å². The second kappa shape index (κ2) is 34.5. The Morgan fingerprint density at radius 3 is 1.07 bits per heavy atom. The zero-order valence-corrected chi connectivity index (χ0v) is 31.7. The van der Waals surface area contributed by atoms with Gasteiger partial charge in [-0.15, -0.1) is 0 Å². The first-order chi connectivity index (χ1) is 22.3. The van der Waals surface area contributed by atoms with Crippen molar-refractivity contribution in [1.82, 2.24) is 4.57 Å². The van der Waals surface area contributed by atoms with Crippen molar-refractivity contribution >= 4 is 0 Å². The molecular weight excluding hydrogens is 544 g/mol. The molecule has 0 aromatic carbocycles. The molecule has 0 unspecified atom stereocenters. The van der Waals surface area contributed by atoms with Gasteiger partial charge in [-0.2, -0.15) is 0 Å². The average Bonchev–Trinajstić information content (AvgIpc) is 3.43. The van der Waals surface area contributed by atoms with Crippen LogP contribution < -0.4 is 4.57 Å². The highest BCUT2D eigenvalue weighted by atomic mass is 15.1. The van der Waals surface area contributed by atoms with Crippen molar-refractivity contribution in [2.24, 2.45) is 0 Å². The number of aromatic nitrogens is 2. The molecule has 0 aliphatic carbocycles. The molecule has 0 spiro atoms. The van der Waals surface area contributed by atoms with E-state index >= 15 is 0 Å². The molecule has 0 N–H and O–H groups in total. The van der Waals surface area contributed by atoms with E-state index in [0.717, 1.165) is 0 Å². The maximum atomic E-state index is 2.62. The van der Waals surface area contributed by atoms with Crippen molar-refractivity contribution in [1.29, 1.82) is 0 Å². The summed E-state index contributed by atoms with van der Waals surface area (Å²) in [5.74, 6) is 1.61. The van der Waals surface area contributed by atoms with Crippen molar-refractivity contribution in [3.8, 4) is 0 Å². The fourth-order valence-electron chi connectivity index (χ4n) is 7.21. The monoisotopic (exact) mass is 630 g/mol. The zero-order valence-electron chi connectivity index (χ0n) is 31.7. The highest BCUT2D eigenvalue weighted by Gasteiger charge is 2.16. The van der Waals surface area contributed by atoms with Crippen LogP contribution in [0, 0.1) is 0 Å². The fraction of sp³-hybridized carbons (Fsp3) is 0.930. The Balaban J connectivity index is 2.07. The highest BCUT2D eigenvalue weighted by Crippen LogP contribution is 2.16. The first-order valence-corrected chi connectivity index (χ1v) is 21.4. The molecule has 0 radical (unpaired) electrons. The zero-order chi connectivity index (χ0) is 32.3. The van der Waals surface area contributed by atoms with E-state index in [1.165, 1.54) is 238 Å². The molecule has 0 atom stereocenters. The lowest BCUT2D eigenvalue weighted by molar-refractivity contribution is -0.704. The lowest BCUT2D eigenvalue weighted by atomic mass is 10.0. The Morgan fingerprint density at radius 1 is 0.378 bits per heavy atom. The Labute approximate surface area is 285 Å². The van der Waals surface area contributed by atoms with Crippen LogP contribution in [0.2, 0.25) is 0 Å². The van der Waals surface area contributed by atoms with Crippen LogP contribution in [0.15, 0.2) is 12.4 Å². The predicted octanol–water partition coefficient (Wildman–Crippen LogP) is 14.6. The molecule has 45 heavy (non-hydrogen) atoms. The van der Waals surface area contributed by atoms with Crippen LogP contribution in [0.4, 0.5) is 0 Å². The second-order valence-corrected chi connectivity index (χ2v) is 14.8. The topological polar surface area (TPSA) is 8.81 Å². The van der Waals surface area contributed by atoms with Gasteiger partial charge >= 0.3 is 0 Å². The molecule has 2 heteroatoms. The van der Waals surface area contributed by atoms with Crippen LogP contribution >= 0.6 is 0 Å². The Kier molecular flexibility index (Phi) is 32.4.